The van der Waals surface area contributed by atoms with Crippen molar-refractivity contribution in [3.8, 4) is 22.3 Å². The maximum atomic E-state index is 2.70. The first-order valence-corrected chi connectivity index (χ1v) is 22.7. The molecule has 2 nitrogen and oxygen atoms in total. The molecule has 0 unspecified atom stereocenters. The minimum atomic E-state index is 0.209. The second-order valence-corrected chi connectivity index (χ2v) is 19.1. The van der Waals surface area contributed by atoms with Crippen LogP contribution in [-0.2, 0) is 0 Å². The zero-order valence-electron chi connectivity index (χ0n) is 32.6. The van der Waals surface area contributed by atoms with Gasteiger partial charge in [0.15, 0.2) is 0 Å². The van der Waals surface area contributed by atoms with E-state index in [1.165, 1.54) is 113 Å². The monoisotopic (exact) mass is 762 g/mol. The number of nitrogens with zero attached hydrogens (tertiary/aromatic N) is 2. The summed E-state index contributed by atoms with van der Waals surface area (Å²) >= 11 is 2.22. The van der Waals surface area contributed by atoms with Gasteiger partial charge >= 0.3 is 0 Å². The van der Waals surface area contributed by atoms with Crippen LogP contribution in [0.4, 0.5) is 34.1 Å². The molecule has 0 amide bonds. The standard InChI is InChI=1S/C54H43BN2S/c1-3-10-32(11-4-1)38-14-7-16-40(28-38)56-44-18-9-19-45-50(44)55-51-46(56)30-42-34-20-24-36(25-21-34)48(42)53(51)58-54-49-37-26-22-35(23-27-37)43(49)31-47(52(54)55)57(45)41-17-8-15-39(29-41)33-12-5-2-6-13-33/h1-19,28-31,34-37H,20-27H2. The van der Waals surface area contributed by atoms with Gasteiger partial charge in [0.1, 0.15) is 0 Å². The van der Waals surface area contributed by atoms with Gasteiger partial charge in [0, 0.05) is 43.9 Å². The minimum Gasteiger partial charge on any atom is -0.311 e. The largest absolute Gasteiger partial charge is 0.311 e. The fourth-order valence-electron chi connectivity index (χ4n) is 12.9. The fraction of sp³-hybridized carbons (Fsp3) is 0.222. The number of anilines is 6. The van der Waals surface area contributed by atoms with E-state index in [1.807, 2.05) is 0 Å². The van der Waals surface area contributed by atoms with E-state index in [0.717, 1.165) is 0 Å². The van der Waals surface area contributed by atoms with Crippen molar-refractivity contribution in [3.05, 3.63) is 162 Å². The molecule has 7 aromatic carbocycles. The molecule has 278 valence electrons. The van der Waals surface area contributed by atoms with Gasteiger partial charge in [0.25, 0.3) is 6.71 Å². The molecule has 7 aromatic rings. The van der Waals surface area contributed by atoms with E-state index in [2.05, 4.69) is 161 Å². The highest BCUT2D eigenvalue weighted by molar-refractivity contribution is 8.00. The third-order valence-electron chi connectivity index (χ3n) is 15.4. The van der Waals surface area contributed by atoms with Crippen LogP contribution >= 0.6 is 11.8 Å². The van der Waals surface area contributed by atoms with E-state index in [4.69, 9.17) is 0 Å². The molecule has 4 bridgehead atoms. The predicted molar refractivity (Wildman–Crippen MR) is 243 cm³/mol. The van der Waals surface area contributed by atoms with Crippen LogP contribution in [0.1, 0.15) is 97.3 Å². The molecule has 6 aliphatic carbocycles. The highest BCUT2D eigenvalue weighted by Gasteiger charge is 2.52. The van der Waals surface area contributed by atoms with Crippen LogP contribution in [0.15, 0.2) is 149 Å². The third-order valence-corrected chi connectivity index (χ3v) is 16.7. The van der Waals surface area contributed by atoms with Gasteiger partial charge in [-0.25, -0.2) is 0 Å². The Morgan fingerprint density at radius 1 is 0.379 bits per heavy atom. The van der Waals surface area contributed by atoms with Crippen LogP contribution in [0.3, 0.4) is 0 Å². The molecule has 16 rings (SSSR count). The summed E-state index contributed by atoms with van der Waals surface area (Å²) in [6, 6.07) is 53.2. The first-order chi connectivity index (χ1) is 28.8. The molecule has 9 aliphatic rings. The van der Waals surface area contributed by atoms with Crippen molar-refractivity contribution in [1.29, 1.82) is 0 Å². The van der Waals surface area contributed by atoms with Crippen LogP contribution in [0.25, 0.3) is 22.3 Å². The highest BCUT2D eigenvalue weighted by atomic mass is 32.2. The molecule has 0 spiro atoms. The highest BCUT2D eigenvalue weighted by Crippen LogP contribution is 2.60. The van der Waals surface area contributed by atoms with Gasteiger partial charge in [-0.05, 0) is 184 Å². The number of hydrogen-bond acceptors (Lipinski definition) is 3. The normalized spacial score (nSPS) is 22.1. The number of rotatable bonds is 4. The van der Waals surface area contributed by atoms with Crippen LogP contribution in [-0.4, -0.2) is 6.71 Å². The number of hydrogen-bond donors (Lipinski definition) is 0. The Morgan fingerprint density at radius 3 is 1.26 bits per heavy atom. The second kappa shape index (κ2) is 12.1. The Bertz CT molecular complexity index is 2680. The van der Waals surface area contributed by atoms with E-state index < -0.39 is 0 Å². The van der Waals surface area contributed by atoms with Crippen LogP contribution in [0, 0.1) is 0 Å². The molecule has 0 N–H and O–H groups in total. The van der Waals surface area contributed by atoms with Gasteiger partial charge < -0.3 is 9.80 Å². The smallest absolute Gasteiger partial charge is 0.255 e. The van der Waals surface area contributed by atoms with Gasteiger partial charge in [-0.1, -0.05) is 103 Å². The average Bonchev–Trinajstić information content (AvgIpc) is 3.30. The van der Waals surface area contributed by atoms with Gasteiger partial charge in [0.05, 0.1) is 0 Å². The molecule has 0 saturated heterocycles. The third kappa shape index (κ3) is 4.37. The quantitative estimate of drug-likeness (QED) is 0.165. The van der Waals surface area contributed by atoms with Crippen LogP contribution in [0.5, 0.6) is 0 Å². The predicted octanol–water partition coefficient (Wildman–Crippen LogP) is 13.1. The lowest BCUT2D eigenvalue weighted by Crippen LogP contribution is -2.64. The molecule has 0 radical (unpaired) electrons. The van der Waals surface area contributed by atoms with E-state index in [9.17, 15) is 0 Å². The lowest BCUT2D eigenvalue weighted by molar-refractivity contribution is 0.353. The van der Waals surface area contributed by atoms with Crippen molar-refractivity contribution >= 4 is 69.0 Å². The van der Waals surface area contributed by atoms with Crippen molar-refractivity contribution in [2.75, 3.05) is 9.80 Å². The summed E-state index contributed by atoms with van der Waals surface area (Å²) in [6.45, 7) is 0.209. The van der Waals surface area contributed by atoms with E-state index in [-0.39, 0.29) is 6.71 Å². The van der Waals surface area contributed by atoms with Crippen molar-refractivity contribution in [2.24, 2.45) is 0 Å². The van der Waals surface area contributed by atoms with Gasteiger partial charge in [-0.2, -0.15) is 0 Å². The Kier molecular flexibility index (Phi) is 6.75. The fourth-order valence-corrected chi connectivity index (χ4v) is 14.6. The Hall–Kier alpha value is -5.45. The molecule has 0 atom stereocenters. The number of fused-ring (bicyclic) bond motifs is 4. The summed E-state index contributed by atoms with van der Waals surface area (Å²) in [7, 11) is 0. The average molecular weight is 763 g/mol. The molecule has 3 aliphatic heterocycles. The van der Waals surface area contributed by atoms with E-state index in [0.29, 0.717) is 23.7 Å². The number of benzene rings is 7. The lowest BCUT2D eigenvalue weighted by Gasteiger charge is -2.51. The second-order valence-electron chi connectivity index (χ2n) is 18.1. The summed E-state index contributed by atoms with van der Waals surface area (Å²) in [4.78, 5) is 8.62. The molecule has 2 fully saturated rings. The Morgan fingerprint density at radius 2 is 0.793 bits per heavy atom. The maximum Gasteiger partial charge on any atom is 0.255 e. The SMILES string of the molecule is c1ccc(-c2cccc(N3c4cccc5c4B4c6c3cc3c(c6Sc6c4c(cc4c6C6CCC4CC6)N5c4cccc(-c5ccccc5)c4)C4CCC3CC4)c2)cc1. The molecule has 4 heteroatoms. The molecule has 2 saturated carbocycles. The molecule has 58 heavy (non-hydrogen) atoms. The van der Waals surface area contributed by atoms with Crippen molar-refractivity contribution in [1.82, 2.24) is 0 Å². The topological polar surface area (TPSA) is 6.48 Å². The first kappa shape index (κ1) is 32.5. The van der Waals surface area contributed by atoms with Crippen molar-refractivity contribution < 1.29 is 0 Å². The first-order valence-electron chi connectivity index (χ1n) is 21.9. The lowest BCUT2D eigenvalue weighted by atomic mass is 9.32. The van der Waals surface area contributed by atoms with E-state index in [1.54, 1.807) is 43.0 Å². The van der Waals surface area contributed by atoms with Crippen molar-refractivity contribution in [2.45, 2.75) is 84.8 Å². The minimum absolute atomic E-state index is 0.209. The molecule has 3 heterocycles. The van der Waals surface area contributed by atoms with Gasteiger partial charge in [0.2, 0.25) is 0 Å². The van der Waals surface area contributed by atoms with Gasteiger partial charge in [-0.15, -0.1) is 0 Å². The summed E-state index contributed by atoms with van der Waals surface area (Å²) in [5.74, 6) is 2.70. The van der Waals surface area contributed by atoms with Gasteiger partial charge in [-0.3, -0.25) is 0 Å². The summed E-state index contributed by atoms with van der Waals surface area (Å²) < 4.78 is 0. The Balaban J connectivity index is 1.09. The van der Waals surface area contributed by atoms with Crippen LogP contribution < -0.4 is 26.2 Å². The van der Waals surface area contributed by atoms with Crippen LogP contribution in [0.2, 0.25) is 0 Å². The summed E-state index contributed by atoms with van der Waals surface area (Å²) in [6.07, 6.45) is 10.7. The van der Waals surface area contributed by atoms with Crippen molar-refractivity contribution in [3.63, 3.8) is 0 Å². The Labute approximate surface area is 346 Å². The summed E-state index contributed by atoms with van der Waals surface area (Å²) in [5.41, 5.74) is 24.5. The molecular weight excluding hydrogens is 719 g/mol. The zero-order valence-corrected chi connectivity index (χ0v) is 33.4. The summed E-state index contributed by atoms with van der Waals surface area (Å²) in [5, 5.41) is 0. The molecular formula is C54H43BN2S. The zero-order chi connectivity index (χ0) is 37.6. The maximum absolute atomic E-state index is 2.70. The molecule has 0 aromatic heterocycles. The van der Waals surface area contributed by atoms with E-state index >= 15 is 0 Å².